The number of imidazole rings is 1. The van der Waals surface area contributed by atoms with Crippen molar-refractivity contribution in [1.29, 1.82) is 0 Å². The van der Waals surface area contributed by atoms with Gasteiger partial charge in [-0.1, -0.05) is 24.5 Å². The second-order valence-electron chi connectivity index (χ2n) is 5.73. The Morgan fingerprint density at radius 3 is 2.70 bits per heavy atom. The number of nitrogens with zero attached hydrogens (tertiary/aromatic N) is 2. The third-order valence-corrected chi connectivity index (χ3v) is 4.27. The summed E-state index contributed by atoms with van der Waals surface area (Å²) in [5.74, 6) is 1.74. The van der Waals surface area contributed by atoms with Crippen LogP contribution < -0.4 is 5.73 Å². The fraction of sp³-hybridized carbons (Fsp3) is 0.438. The normalized spacial score (nSPS) is 15.9. The van der Waals surface area contributed by atoms with E-state index in [4.69, 9.17) is 5.73 Å². The van der Waals surface area contributed by atoms with Gasteiger partial charge in [0.15, 0.2) is 0 Å². The summed E-state index contributed by atoms with van der Waals surface area (Å²) in [7, 11) is 1.92. The second-order valence-corrected chi connectivity index (χ2v) is 5.73. The molecular formula is C16H20FN3. The maximum Gasteiger partial charge on any atom is 0.132 e. The summed E-state index contributed by atoms with van der Waals surface area (Å²) in [5, 5.41) is 0. The summed E-state index contributed by atoms with van der Waals surface area (Å²) in [6.45, 7) is 1.94. The maximum absolute atomic E-state index is 14.0. The van der Waals surface area contributed by atoms with Crippen molar-refractivity contribution in [3.8, 4) is 11.3 Å². The van der Waals surface area contributed by atoms with Gasteiger partial charge in [-0.05, 0) is 31.9 Å². The molecule has 1 aliphatic rings. The first-order valence-corrected chi connectivity index (χ1v) is 7.16. The van der Waals surface area contributed by atoms with Gasteiger partial charge in [0, 0.05) is 18.5 Å². The van der Waals surface area contributed by atoms with E-state index in [9.17, 15) is 4.39 Å². The van der Waals surface area contributed by atoms with Crippen LogP contribution in [-0.4, -0.2) is 9.55 Å². The number of anilines is 1. The number of aromatic nitrogens is 2. The van der Waals surface area contributed by atoms with E-state index in [1.165, 1.54) is 18.9 Å². The SMILES string of the molecule is Cc1ccc(F)c(-c2nc(C3CCCC3)n(C)c2N)c1. The second kappa shape index (κ2) is 4.93. The van der Waals surface area contributed by atoms with Crippen molar-refractivity contribution in [2.45, 2.75) is 38.5 Å². The Labute approximate surface area is 118 Å². The molecule has 0 saturated heterocycles. The highest BCUT2D eigenvalue weighted by atomic mass is 19.1. The topological polar surface area (TPSA) is 43.8 Å². The number of nitrogen functional groups attached to an aromatic ring is 1. The standard InChI is InChI=1S/C16H20FN3/c1-10-7-8-13(17)12(9-10)14-15(18)20(2)16(19-14)11-5-3-4-6-11/h7-9,11H,3-6,18H2,1-2H3. The molecule has 0 spiro atoms. The van der Waals surface area contributed by atoms with Crippen molar-refractivity contribution in [2.75, 3.05) is 5.73 Å². The third-order valence-electron chi connectivity index (χ3n) is 4.27. The van der Waals surface area contributed by atoms with E-state index in [1.54, 1.807) is 6.07 Å². The number of hydrogen-bond acceptors (Lipinski definition) is 2. The van der Waals surface area contributed by atoms with Crippen molar-refractivity contribution in [2.24, 2.45) is 7.05 Å². The molecule has 20 heavy (non-hydrogen) atoms. The molecule has 1 saturated carbocycles. The van der Waals surface area contributed by atoms with Gasteiger partial charge in [0.25, 0.3) is 0 Å². The molecule has 2 N–H and O–H groups in total. The zero-order valence-corrected chi connectivity index (χ0v) is 12.0. The zero-order chi connectivity index (χ0) is 14.3. The fourth-order valence-corrected chi connectivity index (χ4v) is 3.10. The number of hydrogen-bond donors (Lipinski definition) is 1. The number of aryl methyl sites for hydroxylation is 1. The summed E-state index contributed by atoms with van der Waals surface area (Å²) in [6.07, 6.45) is 4.79. The highest BCUT2D eigenvalue weighted by Gasteiger charge is 2.25. The highest BCUT2D eigenvalue weighted by Crippen LogP contribution is 2.37. The van der Waals surface area contributed by atoms with E-state index in [0.29, 0.717) is 23.0 Å². The van der Waals surface area contributed by atoms with E-state index in [2.05, 4.69) is 4.98 Å². The van der Waals surface area contributed by atoms with Gasteiger partial charge < -0.3 is 10.3 Å². The van der Waals surface area contributed by atoms with Gasteiger partial charge in [-0.2, -0.15) is 0 Å². The number of nitrogens with two attached hydrogens (primary N) is 1. The Balaban J connectivity index is 2.10. The highest BCUT2D eigenvalue weighted by molar-refractivity contribution is 5.72. The first-order chi connectivity index (χ1) is 9.58. The average Bonchev–Trinajstić information content (AvgIpc) is 3.04. The third kappa shape index (κ3) is 2.09. The van der Waals surface area contributed by atoms with Crippen LogP contribution in [0.3, 0.4) is 0 Å². The smallest absolute Gasteiger partial charge is 0.132 e. The molecule has 1 fully saturated rings. The number of benzene rings is 1. The molecule has 4 heteroatoms. The molecule has 0 aliphatic heterocycles. The Morgan fingerprint density at radius 2 is 2.00 bits per heavy atom. The van der Waals surface area contributed by atoms with Gasteiger partial charge in [0.2, 0.25) is 0 Å². The minimum absolute atomic E-state index is 0.265. The Morgan fingerprint density at radius 1 is 1.30 bits per heavy atom. The lowest BCUT2D eigenvalue weighted by Gasteiger charge is -2.08. The molecule has 1 aromatic carbocycles. The van der Waals surface area contributed by atoms with Crippen molar-refractivity contribution in [3.63, 3.8) is 0 Å². The number of rotatable bonds is 2. The van der Waals surface area contributed by atoms with Gasteiger partial charge in [-0.3, -0.25) is 0 Å². The Hall–Kier alpha value is -1.84. The van der Waals surface area contributed by atoms with Crippen LogP contribution in [0.25, 0.3) is 11.3 Å². The van der Waals surface area contributed by atoms with Gasteiger partial charge in [0.05, 0.1) is 0 Å². The molecular weight excluding hydrogens is 253 g/mol. The minimum atomic E-state index is -0.265. The largest absolute Gasteiger partial charge is 0.383 e. The van der Waals surface area contributed by atoms with E-state index in [1.807, 2.05) is 24.6 Å². The van der Waals surface area contributed by atoms with Gasteiger partial charge in [-0.15, -0.1) is 0 Å². The molecule has 1 aromatic heterocycles. The molecule has 106 valence electrons. The molecule has 3 nitrogen and oxygen atoms in total. The molecule has 0 unspecified atom stereocenters. The summed E-state index contributed by atoms with van der Waals surface area (Å²) < 4.78 is 16.0. The molecule has 1 aliphatic carbocycles. The van der Waals surface area contributed by atoms with Crippen LogP contribution in [0.5, 0.6) is 0 Å². The van der Waals surface area contributed by atoms with Crippen molar-refractivity contribution in [3.05, 3.63) is 35.4 Å². The molecule has 0 radical (unpaired) electrons. The average molecular weight is 273 g/mol. The minimum Gasteiger partial charge on any atom is -0.383 e. The maximum atomic E-state index is 14.0. The zero-order valence-electron chi connectivity index (χ0n) is 12.0. The molecule has 0 atom stereocenters. The first-order valence-electron chi connectivity index (χ1n) is 7.16. The van der Waals surface area contributed by atoms with E-state index in [0.717, 1.165) is 24.2 Å². The number of halogens is 1. The first kappa shape index (κ1) is 13.2. The summed E-state index contributed by atoms with van der Waals surface area (Å²) in [6, 6.07) is 5.05. The lowest BCUT2D eigenvalue weighted by molar-refractivity contribution is 0.628. The van der Waals surface area contributed by atoms with Crippen LogP contribution >= 0.6 is 0 Å². The summed E-state index contributed by atoms with van der Waals surface area (Å²) in [5.41, 5.74) is 8.25. The molecule has 1 heterocycles. The van der Waals surface area contributed by atoms with E-state index < -0.39 is 0 Å². The predicted octanol–water partition coefficient (Wildman–Crippen LogP) is 3.77. The lowest BCUT2D eigenvalue weighted by atomic mass is 10.1. The van der Waals surface area contributed by atoms with Crippen LogP contribution in [-0.2, 0) is 7.05 Å². The van der Waals surface area contributed by atoms with E-state index in [-0.39, 0.29) is 5.82 Å². The van der Waals surface area contributed by atoms with Gasteiger partial charge in [0.1, 0.15) is 23.2 Å². The van der Waals surface area contributed by atoms with Gasteiger partial charge in [-0.25, -0.2) is 9.37 Å². The Bertz CT molecular complexity index is 639. The van der Waals surface area contributed by atoms with Crippen LogP contribution in [0.4, 0.5) is 10.2 Å². The summed E-state index contributed by atoms with van der Waals surface area (Å²) >= 11 is 0. The quantitative estimate of drug-likeness (QED) is 0.905. The van der Waals surface area contributed by atoms with Crippen LogP contribution in [0.1, 0.15) is 43.0 Å². The van der Waals surface area contributed by atoms with Crippen molar-refractivity contribution in [1.82, 2.24) is 9.55 Å². The predicted molar refractivity (Wildman–Crippen MR) is 79.0 cm³/mol. The summed E-state index contributed by atoms with van der Waals surface area (Å²) in [4.78, 5) is 4.66. The van der Waals surface area contributed by atoms with Crippen molar-refractivity contribution < 1.29 is 4.39 Å². The van der Waals surface area contributed by atoms with Crippen LogP contribution in [0, 0.1) is 12.7 Å². The van der Waals surface area contributed by atoms with E-state index >= 15 is 0 Å². The van der Waals surface area contributed by atoms with Gasteiger partial charge >= 0.3 is 0 Å². The van der Waals surface area contributed by atoms with Crippen LogP contribution in [0.15, 0.2) is 18.2 Å². The lowest BCUT2D eigenvalue weighted by Crippen LogP contribution is -2.05. The fourth-order valence-electron chi connectivity index (χ4n) is 3.10. The molecule has 2 aromatic rings. The Kier molecular flexibility index (Phi) is 3.24. The molecule has 0 bridgehead atoms. The van der Waals surface area contributed by atoms with Crippen molar-refractivity contribution >= 4 is 5.82 Å². The van der Waals surface area contributed by atoms with Crippen LogP contribution in [0.2, 0.25) is 0 Å². The monoisotopic (exact) mass is 273 g/mol. The molecule has 3 rings (SSSR count). The molecule has 0 amide bonds.